The summed E-state index contributed by atoms with van der Waals surface area (Å²) in [4.78, 5) is 26.1. The van der Waals surface area contributed by atoms with Crippen LogP contribution in [-0.4, -0.2) is 15.8 Å². The molecule has 6 heteroatoms. The lowest BCUT2D eigenvalue weighted by Gasteiger charge is -2.20. The number of nitrogens with zero attached hydrogens (tertiary/aromatic N) is 2. The van der Waals surface area contributed by atoms with Gasteiger partial charge in [0.1, 0.15) is 12.0 Å². The van der Waals surface area contributed by atoms with Crippen molar-refractivity contribution in [1.29, 1.82) is 0 Å². The molecule has 0 bridgehead atoms. The van der Waals surface area contributed by atoms with E-state index in [1.54, 1.807) is 13.0 Å². The van der Waals surface area contributed by atoms with Gasteiger partial charge in [-0.25, -0.2) is 4.98 Å². The van der Waals surface area contributed by atoms with Crippen LogP contribution >= 0.6 is 0 Å². The van der Waals surface area contributed by atoms with Crippen LogP contribution in [-0.2, 0) is 4.79 Å². The summed E-state index contributed by atoms with van der Waals surface area (Å²) >= 11 is 0. The van der Waals surface area contributed by atoms with Crippen molar-refractivity contribution in [2.45, 2.75) is 39.0 Å². The smallest absolute Gasteiger partial charge is 0.290 e. The standard InChI is InChI=1S/C13H17N3O3/c1-9-7-12(14-8-11(9)16(18)19)15-13(17)10-5-3-2-4-6-10/h7-8,10H,2-6H2,1H3,(H,14,15,17). The molecule has 0 unspecified atom stereocenters. The number of carbonyl (C=O) groups is 1. The molecule has 1 aliphatic carbocycles. The Morgan fingerprint density at radius 3 is 2.68 bits per heavy atom. The van der Waals surface area contributed by atoms with Crippen molar-refractivity contribution < 1.29 is 9.72 Å². The largest absolute Gasteiger partial charge is 0.310 e. The predicted molar refractivity (Wildman–Crippen MR) is 70.8 cm³/mol. The first-order valence-corrected chi connectivity index (χ1v) is 6.50. The van der Waals surface area contributed by atoms with Gasteiger partial charge in [-0.15, -0.1) is 0 Å². The first-order valence-electron chi connectivity index (χ1n) is 6.50. The molecule has 0 spiro atoms. The molecule has 1 saturated carbocycles. The van der Waals surface area contributed by atoms with E-state index in [4.69, 9.17) is 0 Å². The summed E-state index contributed by atoms with van der Waals surface area (Å²) in [5, 5.41) is 13.4. The number of hydrogen-bond acceptors (Lipinski definition) is 4. The Morgan fingerprint density at radius 1 is 1.42 bits per heavy atom. The Kier molecular flexibility index (Phi) is 4.09. The molecule has 6 nitrogen and oxygen atoms in total. The summed E-state index contributed by atoms with van der Waals surface area (Å²) in [7, 11) is 0. The maximum Gasteiger partial charge on any atom is 0.290 e. The minimum absolute atomic E-state index is 0.0274. The monoisotopic (exact) mass is 263 g/mol. The molecule has 0 atom stereocenters. The fraction of sp³-hybridized carbons (Fsp3) is 0.538. The van der Waals surface area contributed by atoms with Gasteiger partial charge < -0.3 is 5.32 Å². The highest BCUT2D eigenvalue weighted by Gasteiger charge is 2.22. The van der Waals surface area contributed by atoms with E-state index in [-0.39, 0.29) is 17.5 Å². The van der Waals surface area contributed by atoms with Crippen LogP contribution in [0.4, 0.5) is 11.5 Å². The number of aryl methyl sites for hydroxylation is 1. The number of amides is 1. The van der Waals surface area contributed by atoms with E-state index >= 15 is 0 Å². The zero-order valence-electron chi connectivity index (χ0n) is 10.9. The molecule has 1 amide bonds. The molecule has 0 aromatic carbocycles. The number of rotatable bonds is 3. The molecule has 1 aliphatic rings. The molecule has 0 saturated heterocycles. The molecular formula is C13H17N3O3. The van der Waals surface area contributed by atoms with Crippen molar-refractivity contribution in [3.63, 3.8) is 0 Å². The van der Waals surface area contributed by atoms with Gasteiger partial charge in [-0.3, -0.25) is 14.9 Å². The zero-order valence-corrected chi connectivity index (χ0v) is 10.9. The topological polar surface area (TPSA) is 85.1 Å². The lowest BCUT2D eigenvalue weighted by Crippen LogP contribution is -2.25. The van der Waals surface area contributed by atoms with Crippen LogP contribution in [0.3, 0.4) is 0 Å². The summed E-state index contributed by atoms with van der Waals surface area (Å²) in [6.45, 7) is 1.63. The Bertz CT molecular complexity index is 496. The summed E-state index contributed by atoms with van der Waals surface area (Å²) in [5.74, 6) is 0.408. The number of hydrogen-bond donors (Lipinski definition) is 1. The molecule has 2 rings (SSSR count). The van der Waals surface area contributed by atoms with Gasteiger partial charge in [-0.2, -0.15) is 0 Å². The Hall–Kier alpha value is -1.98. The molecular weight excluding hydrogens is 246 g/mol. The highest BCUT2D eigenvalue weighted by Crippen LogP contribution is 2.25. The van der Waals surface area contributed by atoms with E-state index in [0.29, 0.717) is 11.4 Å². The highest BCUT2D eigenvalue weighted by molar-refractivity contribution is 5.91. The van der Waals surface area contributed by atoms with E-state index < -0.39 is 4.92 Å². The second-order valence-corrected chi connectivity index (χ2v) is 4.94. The molecule has 1 fully saturated rings. The third-order valence-corrected chi connectivity index (χ3v) is 3.51. The molecule has 0 radical (unpaired) electrons. The van der Waals surface area contributed by atoms with Gasteiger partial charge in [0.2, 0.25) is 5.91 Å². The highest BCUT2D eigenvalue weighted by atomic mass is 16.6. The second kappa shape index (κ2) is 5.77. The SMILES string of the molecule is Cc1cc(NC(=O)C2CCCCC2)ncc1[N+](=O)[O-]. The van der Waals surface area contributed by atoms with E-state index in [2.05, 4.69) is 10.3 Å². The predicted octanol–water partition coefficient (Wildman–Crippen LogP) is 2.82. The minimum Gasteiger partial charge on any atom is -0.310 e. The Labute approximate surface area is 111 Å². The van der Waals surface area contributed by atoms with Crippen LogP contribution in [0.25, 0.3) is 0 Å². The van der Waals surface area contributed by atoms with Crippen molar-refractivity contribution >= 4 is 17.4 Å². The summed E-state index contributed by atoms with van der Waals surface area (Å²) in [5.41, 5.74) is 0.467. The van der Waals surface area contributed by atoms with Gasteiger partial charge in [0, 0.05) is 11.5 Å². The van der Waals surface area contributed by atoms with Crippen molar-refractivity contribution in [1.82, 2.24) is 4.98 Å². The first kappa shape index (κ1) is 13.5. The van der Waals surface area contributed by atoms with Gasteiger partial charge >= 0.3 is 0 Å². The van der Waals surface area contributed by atoms with Crippen molar-refractivity contribution in [2.75, 3.05) is 5.32 Å². The molecule has 1 aromatic rings. The van der Waals surface area contributed by atoms with Crippen LogP contribution in [0.15, 0.2) is 12.3 Å². The van der Waals surface area contributed by atoms with E-state index in [0.717, 1.165) is 25.7 Å². The number of aromatic nitrogens is 1. The fourth-order valence-corrected chi connectivity index (χ4v) is 2.40. The quantitative estimate of drug-likeness (QED) is 0.671. The zero-order chi connectivity index (χ0) is 13.8. The number of carbonyl (C=O) groups excluding carboxylic acids is 1. The number of nitro groups is 1. The summed E-state index contributed by atoms with van der Waals surface area (Å²) < 4.78 is 0. The van der Waals surface area contributed by atoms with E-state index in [9.17, 15) is 14.9 Å². The number of nitrogens with one attached hydrogen (secondary N) is 1. The van der Waals surface area contributed by atoms with Crippen LogP contribution < -0.4 is 5.32 Å². The molecule has 1 N–H and O–H groups in total. The molecule has 102 valence electrons. The first-order chi connectivity index (χ1) is 9.08. The second-order valence-electron chi connectivity index (χ2n) is 4.94. The molecule has 1 aromatic heterocycles. The van der Waals surface area contributed by atoms with Crippen LogP contribution in [0.2, 0.25) is 0 Å². The lowest BCUT2D eigenvalue weighted by molar-refractivity contribution is -0.385. The van der Waals surface area contributed by atoms with Gasteiger partial charge in [0.05, 0.1) is 4.92 Å². The molecule has 19 heavy (non-hydrogen) atoms. The molecule has 1 heterocycles. The Balaban J connectivity index is 2.04. The normalized spacial score (nSPS) is 16.1. The van der Waals surface area contributed by atoms with E-state index in [1.807, 2.05) is 0 Å². The lowest BCUT2D eigenvalue weighted by atomic mass is 9.89. The minimum atomic E-state index is -0.477. The summed E-state index contributed by atoms with van der Waals surface area (Å²) in [6, 6.07) is 1.54. The van der Waals surface area contributed by atoms with Crippen molar-refractivity contribution in [3.05, 3.63) is 27.9 Å². The van der Waals surface area contributed by atoms with Gasteiger partial charge in [0.25, 0.3) is 5.69 Å². The average molecular weight is 263 g/mol. The van der Waals surface area contributed by atoms with Gasteiger partial charge in [-0.05, 0) is 25.8 Å². The van der Waals surface area contributed by atoms with Gasteiger partial charge in [-0.1, -0.05) is 19.3 Å². The van der Waals surface area contributed by atoms with Crippen molar-refractivity contribution in [3.8, 4) is 0 Å². The number of anilines is 1. The fourth-order valence-electron chi connectivity index (χ4n) is 2.40. The molecule has 0 aliphatic heterocycles. The number of pyridine rings is 1. The van der Waals surface area contributed by atoms with Gasteiger partial charge in [0.15, 0.2) is 0 Å². The third kappa shape index (κ3) is 3.27. The Morgan fingerprint density at radius 2 is 2.11 bits per heavy atom. The van der Waals surface area contributed by atoms with Crippen LogP contribution in [0.1, 0.15) is 37.7 Å². The van der Waals surface area contributed by atoms with E-state index in [1.165, 1.54) is 12.6 Å². The summed E-state index contributed by atoms with van der Waals surface area (Å²) in [6.07, 6.45) is 6.38. The van der Waals surface area contributed by atoms with Crippen LogP contribution in [0.5, 0.6) is 0 Å². The maximum absolute atomic E-state index is 12.0. The van der Waals surface area contributed by atoms with Crippen molar-refractivity contribution in [2.24, 2.45) is 5.92 Å². The van der Waals surface area contributed by atoms with Crippen LogP contribution in [0, 0.1) is 23.0 Å². The maximum atomic E-state index is 12.0. The average Bonchev–Trinajstić information content (AvgIpc) is 2.39. The third-order valence-electron chi connectivity index (χ3n) is 3.51.